The number of carbonyl (C=O) groups is 2. The Morgan fingerprint density at radius 1 is 1.26 bits per heavy atom. The zero-order chi connectivity index (χ0) is 14.3. The molecule has 0 unspecified atom stereocenters. The van der Waals surface area contributed by atoms with Crippen molar-refractivity contribution in [3.8, 4) is 0 Å². The normalized spacial score (nSPS) is 9.84. The van der Waals surface area contributed by atoms with Crippen LogP contribution in [0.3, 0.4) is 0 Å². The van der Waals surface area contributed by atoms with Gasteiger partial charge >= 0.3 is 6.09 Å². The SMILES string of the molecule is COCCC(=O)Nc1ccc(F)c(NC(=O)OC)c1. The second-order valence-corrected chi connectivity index (χ2v) is 3.60. The van der Waals surface area contributed by atoms with E-state index in [2.05, 4.69) is 15.4 Å². The maximum absolute atomic E-state index is 13.4. The first kappa shape index (κ1) is 14.9. The number of methoxy groups -OCH3 is 2. The molecule has 0 atom stereocenters. The van der Waals surface area contributed by atoms with Crippen molar-refractivity contribution in [2.24, 2.45) is 0 Å². The summed E-state index contributed by atoms with van der Waals surface area (Å²) in [4.78, 5) is 22.5. The molecule has 0 spiro atoms. The quantitative estimate of drug-likeness (QED) is 0.857. The highest BCUT2D eigenvalue weighted by molar-refractivity contribution is 5.92. The van der Waals surface area contributed by atoms with Crippen LogP contribution in [0.5, 0.6) is 0 Å². The minimum Gasteiger partial charge on any atom is -0.453 e. The lowest BCUT2D eigenvalue weighted by Gasteiger charge is -2.09. The van der Waals surface area contributed by atoms with Crippen molar-refractivity contribution in [1.29, 1.82) is 0 Å². The Morgan fingerprint density at radius 2 is 2.00 bits per heavy atom. The minimum absolute atomic E-state index is 0.0728. The molecule has 0 fully saturated rings. The Labute approximate surface area is 109 Å². The van der Waals surface area contributed by atoms with Gasteiger partial charge in [-0.25, -0.2) is 9.18 Å². The van der Waals surface area contributed by atoms with Gasteiger partial charge in [-0.2, -0.15) is 0 Å². The topological polar surface area (TPSA) is 76.7 Å². The maximum Gasteiger partial charge on any atom is 0.411 e. The first-order valence-electron chi connectivity index (χ1n) is 5.50. The number of nitrogens with one attached hydrogen (secondary N) is 2. The highest BCUT2D eigenvalue weighted by atomic mass is 19.1. The van der Waals surface area contributed by atoms with Crippen LogP contribution in [0.15, 0.2) is 18.2 Å². The summed E-state index contributed by atoms with van der Waals surface area (Å²) in [6.07, 6.45) is -0.602. The largest absolute Gasteiger partial charge is 0.453 e. The van der Waals surface area contributed by atoms with Gasteiger partial charge in [0, 0.05) is 12.8 Å². The summed E-state index contributed by atoms with van der Waals surface area (Å²) in [5.74, 6) is -0.891. The summed E-state index contributed by atoms with van der Waals surface area (Å²) in [6, 6.07) is 3.83. The van der Waals surface area contributed by atoms with Crippen molar-refractivity contribution in [1.82, 2.24) is 0 Å². The summed E-state index contributed by atoms with van der Waals surface area (Å²) in [7, 11) is 2.66. The van der Waals surface area contributed by atoms with Gasteiger partial charge in [0.2, 0.25) is 5.91 Å². The molecular weight excluding hydrogens is 255 g/mol. The molecule has 0 aromatic heterocycles. The third kappa shape index (κ3) is 4.92. The zero-order valence-corrected chi connectivity index (χ0v) is 10.7. The molecule has 1 rings (SSSR count). The molecule has 104 valence electrons. The van der Waals surface area contributed by atoms with Crippen LogP contribution in [-0.2, 0) is 14.3 Å². The van der Waals surface area contributed by atoms with Gasteiger partial charge in [0.15, 0.2) is 0 Å². The Balaban J connectivity index is 2.72. The molecule has 7 heteroatoms. The van der Waals surface area contributed by atoms with E-state index in [1.807, 2.05) is 0 Å². The number of rotatable bonds is 5. The fraction of sp³-hybridized carbons (Fsp3) is 0.333. The van der Waals surface area contributed by atoms with E-state index in [0.717, 1.165) is 6.07 Å². The number of anilines is 2. The lowest BCUT2D eigenvalue weighted by atomic mass is 10.2. The van der Waals surface area contributed by atoms with Gasteiger partial charge in [-0.15, -0.1) is 0 Å². The van der Waals surface area contributed by atoms with Crippen LogP contribution in [0.1, 0.15) is 6.42 Å². The maximum atomic E-state index is 13.4. The number of carbonyl (C=O) groups excluding carboxylic acids is 2. The van der Waals surface area contributed by atoms with Gasteiger partial charge in [0.05, 0.1) is 25.8 Å². The van der Waals surface area contributed by atoms with Crippen LogP contribution in [0.2, 0.25) is 0 Å². The van der Waals surface area contributed by atoms with E-state index in [0.29, 0.717) is 12.3 Å². The number of halogens is 1. The van der Waals surface area contributed by atoms with Gasteiger partial charge in [-0.1, -0.05) is 0 Å². The van der Waals surface area contributed by atoms with E-state index >= 15 is 0 Å². The molecule has 19 heavy (non-hydrogen) atoms. The van der Waals surface area contributed by atoms with E-state index in [-0.39, 0.29) is 18.0 Å². The second kappa shape index (κ2) is 7.32. The number of hydrogen-bond acceptors (Lipinski definition) is 4. The average Bonchev–Trinajstić information content (AvgIpc) is 2.40. The number of amides is 2. The van der Waals surface area contributed by atoms with Crippen LogP contribution in [-0.4, -0.2) is 32.8 Å². The Hall–Kier alpha value is -2.15. The van der Waals surface area contributed by atoms with Crippen molar-refractivity contribution < 1.29 is 23.5 Å². The molecular formula is C12H15FN2O4. The molecule has 0 bridgehead atoms. The number of hydrogen-bond donors (Lipinski definition) is 2. The Kier molecular flexibility index (Phi) is 5.74. The smallest absolute Gasteiger partial charge is 0.411 e. The Morgan fingerprint density at radius 3 is 2.63 bits per heavy atom. The standard InChI is InChI=1S/C12H15FN2O4/c1-18-6-5-11(16)14-8-3-4-9(13)10(7-8)15-12(17)19-2/h3-4,7H,5-6H2,1-2H3,(H,14,16)(H,15,17). The molecule has 2 amide bonds. The summed E-state index contributed by atoms with van der Waals surface area (Å²) >= 11 is 0. The molecule has 0 aliphatic carbocycles. The molecule has 6 nitrogen and oxygen atoms in total. The first-order chi connectivity index (χ1) is 9.06. The third-order valence-corrected chi connectivity index (χ3v) is 2.21. The molecule has 1 aromatic rings. The van der Waals surface area contributed by atoms with Gasteiger partial charge in [0.1, 0.15) is 5.82 Å². The molecule has 1 aromatic carbocycles. The van der Waals surface area contributed by atoms with Gasteiger partial charge in [-0.05, 0) is 18.2 Å². The lowest BCUT2D eigenvalue weighted by molar-refractivity contribution is -0.117. The molecule has 0 radical (unpaired) electrons. The van der Waals surface area contributed by atoms with Crippen LogP contribution >= 0.6 is 0 Å². The van der Waals surface area contributed by atoms with E-state index in [1.165, 1.54) is 26.4 Å². The van der Waals surface area contributed by atoms with Gasteiger partial charge in [0.25, 0.3) is 0 Å². The molecule has 0 heterocycles. The fourth-order valence-corrected chi connectivity index (χ4v) is 1.28. The van der Waals surface area contributed by atoms with Crippen LogP contribution < -0.4 is 10.6 Å². The van der Waals surface area contributed by atoms with Crippen LogP contribution in [0.4, 0.5) is 20.6 Å². The van der Waals surface area contributed by atoms with Gasteiger partial charge in [-0.3, -0.25) is 10.1 Å². The van der Waals surface area contributed by atoms with E-state index in [1.54, 1.807) is 0 Å². The summed E-state index contributed by atoms with van der Waals surface area (Å²) in [5.41, 5.74) is 0.297. The molecule has 0 aliphatic rings. The number of benzene rings is 1. The van der Waals surface area contributed by atoms with Crippen molar-refractivity contribution >= 4 is 23.4 Å². The third-order valence-electron chi connectivity index (χ3n) is 2.21. The average molecular weight is 270 g/mol. The highest BCUT2D eigenvalue weighted by Crippen LogP contribution is 2.20. The minimum atomic E-state index is -0.790. The molecule has 0 saturated carbocycles. The first-order valence-corrected chi connectivity index (χ1v) is 5.50. The molecule has 0 aliphatic heterocycles. The van der Waals surface area contributed by atoms with Crippen molar-refractivity contribution in [3.05, 3.63) is 24.0 Å². The van der Waals surface area contributed by atoms with Crippen LogP contribution in [0.25, 0.3) is 0 Å². The summed E-state index contributed by atoms with van der Waals surface area (Å²) in [5, 5.41) is 4.76. The van der Waals surface area contributed by atoms with E-state index in [9.17, 15) is 14.0 Å². The monoisotopic (exact) mass is 270 g/mol. The number of ether oxygens (including phenoxy) is 2. The van der Waals surface area contributed by atoms with Crippen molar-refractivity contribution in [2.75, 3.05) is 31.5 Å². The molecule has 2 N–H and O–H groups in total. The van der Waals surface area contributed by atoms with E-state index < -0.39 is 11.9 Å². The fourth-order valence-electron chi connectivity index (χ4n) is 1.28. The molecule has 0 saturated heterocycles. The van der Waals surface area contributed by atoms with Crippen molar-refractivity contribution in [2.45, 2.75) is 6.42 Å². The lowest BCUT2D eigenvalue weighted by Crippen LogP contribution is -2.15. The van der Waals surface area contributed by atoms with E-state index in [4.69, 9.17) is 4.74 Å². The van der Waals surface area contributed by atoms with Gasteiger partial charge < -0.3 is 14.8 Å². The second-order valence-electron chi connectivity index (χ2n) is 3.60. The predicted octanol–water partition coefficient (Wildman–Crippen LogP) is 1.98. The summed E-state index contributed by atoms with van der Waals surface area (Å²) in [6.45, 7) is 0.292. The zero-order valence-electron chi connectivity index (χ0n) is 10.7. The Bertz CT molecular complexity index is 465. The highest BCUT2D eigenvalue weighted by Gasteiger charge is 2.09. The van der Waals surface area contributed by atoms with Crippen LogP contribution in [0, 0.1) is 5.82 Å². The summed E-state index contributed by atoms with van der Waals surface area (Å²) < 4.78 is 22.5. The van der Waals surface area contributed by atoms with Crippen molar-refractivity contribution in [3.63, 3.8) is 0 Å². The predicted molar refractivity (Wildman–Crippen MR) is 67.6 cm³/mol.